The molecule has 0 saturated heterocycles. The number of benzene rings is 1. The summed E-state index contributed by atoms with van der Waals surface area (Å²) in [5.74, 6) is -0.504. The van der Waals surface area contributed by atoms with Gasteiger partial charge in [-0.25, -0.2) is 4.79 Å². The fourth-order valence-electron chi connectivity index (χ4n) is 2.70. The second-order valence-corrected chi connectivity index (χ2v) is 6.23. The van der Waals surface area contributed by atoms with E-state index in [9.17, 15) is 9.90 Å². The number of aliphatic hydroxyl groups is 1. The number of ether oxygens (including phenoxy) is 1. The predicted octanol–water partition coefficient (Wildman–Crippen LogP) is 4.97. The Morgan fingerprint density at radius 3 is 2.22 bits per heavy atom. The number of rotatable bonds is 12. The van der Waals surface area contributed by atoms with Crippen LogP contribution in [0.4, 0.5) is 0 Å². The Morgan fingerprint density at radius 1 is 0.957 bits per heavy atom. The average molecular weight is 320 g/mol. The molecule has 1 unspecified atom stereocenters. The van der Waals surface area contributed by atoms with Crippen molar-refractivity contribution in [1.82, 2.24) is 0 Å². The molecule has 0 spiro atoms. The summed E-state index contributed by atoms with van der Waals surface area (Å²) >= 11 is 0. The number of unbranched alkanes of at least 4 members (excludes halogenated alkanes) is 6. The lowest BCUT2D eigenvalue weighted by Gasteiger charge is -2.26. The molecule has 1 aromatic rings. The van der Waals surface area contributed by atoms with E-state index in [1.807, 2.05) is 18.2 Å². The second-order valence-electron chi connectivity index (χ2n) is 6.23. The summed E-state index contributed by atoms with van der Waals surface area (Å²) in [6.45, 7) is 4.68. The van der Waals surface area contributed by atoms with Crippen molar-refractivity contribution in [2.24, 2.45) is 0 Å². The Morgan fingerprint density at radius 2 is 1.57 bits per heavy atom. The maximum Gasteiger partial charge on any atom is 0.342 e. The lowest BCUT2D eigenvalue weighted by Crippen LogP contribution is -2.37. The van der Waals surface area contributed by atoms with E-state index in [1.165, 1.54) is 19.3 Å². The largest absolute Gasteiger partial charge is 0.463 e. The fraction of sp³-hybridized carbons (Fsp3) is 0.650. The molecule has 0 radical (unpaired) electrons. The Hall–Kier alpha value is -1.35. The average Bonchev–Trinajstić information content (AvgIpc) is 2.58. The standard InChI is InChI=1S/C20H32O3/c1-3-5-7-8-13-17-23-19(21)20(22,16-12-6-4-2)18-14-10-9-11-15-18/h9-11,14-15,22H,3-8,12-13,16-17H2,1-2H3. The number of hydrogen-bond acceptors (Lipinski definition) is 3. The lowest BCUT2D eigenvalue weighted by atomic mass is 9.88. The first-order chi connectivity index (χ1) is 11.1. The van der Waals surface area contributed by atoms with Crippen LogP contribution < -0.4 is 0 Å². The van der Waals surface area contributed by atoms with Crippen LogP contribution in [0.15, 0.2) is 30.3 Å². The monoisotopic (exact) mass is 320 g/mol. The van der Waals surface area contributed by atoms with E-state index >= 15 is 0 Å². The minimum atomic E-state index is -1.51. The summed E-state index contributed by atoms with van der Waals surface area (Å²) < 4.78 is 5.38. The Balaban J connectivity index is 2.59. The molecule has 1 atom stereocenters. The molecule has 1 aromatic carbocycles. The molecule has 0 aliphatic rings. The second kappa shape index (κ2) is 11.2. The highest BCUT2D eigenvalue weighted by molar-refractivity contribution is 5.81. The van der Waals surface area contributed by atoms with Crippen molar-refractivity contribution in [3.8, 4) is 0 Å². The van der Waals surface area contributed by atoms with Crippen LogP contribution in [0.1, 0.15) is 77.2 Å². The summed E-state index contributed by atoms with van der Waals surface area (Å²) in [5, 5.41) is 10.9. The third-order valence-electron chi connectivity index (χ3n) is 4.21. The quantitative estimate of drug-likeness (QED) is 0.437. The molecule has 0 aromatic heterocycles. The van der Waals surface area contributed by atoms with E-state index in [2.05, 4.69) is 13.8 Å². The molecule has 130 valence electrons. The molecule has 0 fully saturated rings. The zero-order valence-corrected chi connectivity index (χ0v) is 14.7. The van der Waals surface area contributed by atoms with E-state index in [0.717, 1.165) is 32.1 Å². The van der Waals surface area contributed by atoms with Gasteiger partial charge in [0.15, 0.2) is 5.60 Å². The molecule has 0 amide bonds. The van der Waals surface area contributed by atoms with E-state index in [-0.39, 0.29) is 0 Å². The van der Waals surface area contributed by atoms with Crippen LogP contribution in [0.25, 0.3) is 0 Å². The number of carbonyl (C=O) groups is 1. The van der Waals surface area contributed by atoms with Crippen molar-refractivity contribution < 1.29 is 14.6 Å². The zero-order valence-electron chi connectivity index (χ0n) is 14.7. The highest BCUT2D eigenvalue weighted by Crippen LogP contribution is 2.29. The minimum absolute atomic E-state index is 0.394. The highest BCUT2D eigenvalue weighted by Gasteiger charge is 2.38. The third kappa shape index (κ3) is 6.74. The molecule has 3 heteroatoms. The van der Waals surface area contributed by atoms with Gasteiger partial charge in [-0.3, -0.25) is 0 Å². The van der Waals surface area contributed by atoms with Crippen LogP contribution >= 0.6 is 0 Å². The number of carbonyl (C=O) groups excluding carboxylic acids is 1. The van der Waals surface area contributed by atoms with E-state index in [1.54, 1.807) is 12.1 Å². The Labute approximate surface area is 141 Å². The highest BCUT2D eigenvalue weighted by atomic mass is 16.5. The van der Waals surface area contributed by atoms with Crippen LogP contribution in [0.2, 0.25) is 0 Å². The van der Waals surface area contributed by atoms with Crippen molar-refractivity contribution in [2.75, 3.05) is 6.61 Å². The van der Waals surface area contributed by atoms with Gasteiger partial charge in [-0.1, -0.05) is 82.7 Å². The zero-order chi connectivity index (χ0) is 17.0. The van der Waals surface area contributed by atoms with Crippen molar-refractivity contribution in [2.45, 2.75) is 77.2 Å². The SMILES string of the molecule is CCCCCCCOC(=O)C(O)(CCCCC)c1ccccc1. The smallest absolute Gasteiger partial charge is 0.342 e. The van der Waals surface area contributed by atoms with Crippen molar-refractivity contribution in [1.29, 1.82) is 0 Å². The van der Waals surface area contributed by atoms with Gasteiger partial charge < -0.3 is 9.84 Å². The van der Waals surface area contributed by atoms with Crippen molar-refractivity contribution >= 4 is 5.97 Å². The molecule has 3 nitrogen and oxygen atoms in total. The van der Waals surface area contributed by atoms with Crippen LogP contribution in [0, 0.1) is 0 Å². The molecule has 0 heterocycles. The van der Waals surface area contributed by atoms with Gasteiger partial charge >= 0.3 is 5.97 Å². The molecule has 0 aliphatic heterocycles. The first-order valence-electron chi connectivity index (χ1n) is 9.10. The summed E-state index contributed by atoms with van der Waals surface area (Å²) in [5.41, 5.74) is -0.882. The number of hydrogen-bond donors (Lipinski definition) is 1. The van der Waals surface area contributed by atoms with E-state index in [0.29, 0.717) is 18.6 Å². The van der Waals surface area contributed by atoms with Gasteiger partial charge in [0.25, 0.3) is 0 Å². The van der Waals surface area contributed by atoms with Crippen LogP contribution in [0.3, 0.4) is 0 Å². The van der Waals surface area contributed by atoms with E-state index in [4.69, 9.17) is 4.74 Å². The molecule has 0 bridgehead atoms. The van der Waals surface area contributed by atoms with Gasteiger partial charge in [0, 0.05) is 0 Å². The van der Waals surface area contributed by atoms with Crippen LogP contribution in [0.5, 0.6) is 0 Å². The van der Waals surface area contributed by atoms with Crippen LogP contribution in [-0.2, 0) is 15.1 Å². The maximum atomic E-state index is 12.5. The normalized spacial score (nSPS) is 13.5. The number of esters is 1. The van der Waals surface area contributed by atoms with Gasteiger partial charge in [-0.2, -0.15) is 0 Å². The van der Waals surface area contributed by atoms with Gasteiger partial charge in [0.2, 0.25) is 0 Å². The maximum absolute atomic E-state index is 12.5. The first-order valence-corrected chi connectivity index (χ1v) is 9.10. The molecule has 1 N–H and O–H groups in total. The molecular weight excluding hydrogens is 288 g/mol. The molecule has 23 heavy (non-hydrogen) atoms. The molecule has 0 saturated carbocycles. The molecule has 0 aliphatic carbocycles. The minimum Gasteiger partial charge on any atom is -0.463 e. The van der Waals surface area contributed by atoms with Crippen molar-refractivity contribution in [3.63, 3.8) is 0 Å². The summed E-state index contributed by atoms with van der Waals surface area (Å²) in [7, 11) is 0. The predicted molar refractivity (Wildman–Crippen MR) is 94.2 cm³/mol. The summed E-state index contributed by atoms with van der Waals surface area (Å²) in [6.07, 6.45) is 8.81. The Kier molecular flexibility index (Phi) is 9.61. The summed E-state index contributed by atoms with van der Waals surface area (Å²) in [4.78, 5) is 12.5. The first kappa shape index (κ1) is 19.7. The Bertz CT molecular complexity index is 430. The van der Waals surface area contributed by atoms with Crippen LogP contribution in [-0.4, -0.2) is 17.7 Å². The fourth-order valence-corrected chi connectivity index (χ4v) is 2.70. The van der Waals surface area contributed by atoms with Gasteiger partial charge in [0.1, 0.15) is 0 Å². The summed E-state index contributed by atoms with van der Waals surface area (Å²) in [6, 6.07) is 9.17. The van der Waals surface area contributed by atoms with Gasteiger partial charge in [0.05, 0.1) is 6.61 Å². The van der Waals surface area contributed by atoms with Gasteiger partial charge in [-0.05, 0) is 24.8 Å². The third-order valence-corrected chi connectivity index (χ3v) is 4.21. The van der Waals surface area contributed by atoms with Gasteiger partial charge in [-0.15, -0.1) is 0 Å². The topological polar surface area (TPSA) is 46.5 Å². The molecular formula is C20H32O3. The molecule has 1 rings (SSSR count). The lowest BCUT2D eigenvalue weighted by molar-refractivity contribution is -0.168. The van der Waals surface area contributed by atoms with Crippen molar-refractivity contribution in [3.05, 3.63) is 35.9 Å². The van der Waals surface area contributed by atoms with E-state index < -0.39 is 11.6 Å².